The summed E-state index contributed by atoms with van der Waals surface area (Å²) in [6, 6.07) is 3.29. The van der Waals surface area contributed by atoms with Crippen LogP contribution in [0.25, 0.3) is 0 Å². The molecule has 2 atom stereocenters. The SMILES string of the molecule is CC(CO)C(C)NC(=O)c1c[nH]c(C#N)c1. The molecule has 16 heavy (non-hydrogen) atoms. The van der Waals surface area contributed by atoms with Crippen molar-refractivity contribution >= 4 is 5.91 Å². The van der Waals surface area contributed by atoms with Crippen molar-refractivity contribution in [2.45, 2.75) is 19.9 Å². The average molecular weight is 221 g/mol. The molecule has 0 fully saturated rings. The number of nitriles is 1. The summed E-state index contributed by atoms with van der Waals surface area (Å²) in [4.78, 5) is 14.4. The van der Waals surface area contributed by atoms with Crippen LogP contribution in [-0.2, 0) is 0 Å². The number of aromatic amines is 1. The topological polar surface area (TPSA) is 88.9 Å². The van der Waals surface area contributed by atoms with Gasteiger partial charge in [0.2, 0.25) is 0 Å². The van der Waals surface area contributed by atoms with E-state index >= 15 is 0 Å². The number of rotatable bonds is 4. The lowest BCUT2D eigenvalue weighted by Crippen LogP contribution is -2.38. The van der Waals surface area contributed by atoms with E-state index in [1.54, 1.807) is 0 Å². The van der Waals surface area contributed by atoms with Crippen LogP contribution < -0.4 is 5.32 Å². The van der Waals surface area contributed by atoms with Gasteiger partial charge < -0.3 is 15.4 Å². The molecule has 1 aromatic heterocycles. The first-order valence-electron chi connectivity index (χ1n) is 5.08. The number of aliphatic hydroxyl groups excluding tert-OH is 1. The number of carbonyl (C=O) groups is 1. The van der Waals surface area contributed by atoms with E-state index in [0.29, 0.717) is 11.3 Å². The van der Waals surface area contributed by atoms with E-state index in [9.17, 15) is 4.79 Å². The van der Waals surface area contributed by atoms with Crippen molar-refractivity contribution in [2.75, 3.05) is 6.61 Å². The van der Waals surface area contributed by atoms with E-state index in [0.717, 1.165) is 0 Å². The standard InChI is InChI=1S/C11H15N3O2/c1-7(6-15)8(2)14-11(16)9-3-10(4-12)13-5-9/h3,5,7-8,13,15H,6H2,1-2H3,(H,14,16). The molecule has 1 aromatic rings. The van der Waals surface area contributed by atoms with Gasteiger partial charge in [0.05, 0.1) is 5.56 Å². The predicted octanol–water partition coefficient (Wildman–Crippen LogP) is 0.633. The van der Waals surface area contributed by atoms with Gasteiger partial charge in [-0.25, -0.2) is 0 Å². The van der Waals surface area contributed by atoms with Crippen LogP contribution in [0.5, 0.6) is 0 Å². The van der Waals surface area contributed by atoms with E-state index in [1.165, 1.54) is 12.3 Å². The van der Waals surface area contributed by atoms with Gasteiger partial charge in [0.25, 0.3) is 5.91 Å². The van der Waals surface area contributed by atoms with Crippen LogP contribution in [0.2, 0.25) is 0 Å². The number of carbonyl (C=O) groups excluding carboxylic acids is 1. The van der Waals surface area contributed by atoms with Crippen molar-refractivity contribution in [3.63, 3.8) is 0 Å². The molecule has 0 spiro atoms. The number of H-pyrrole nitrogens is 1. The second-order valence-electron chi connectivity index (χ2n) is 3.84. The normalized spacial score (nSPS) is 13.9. The van der Waals surface area contributed by atoms with Gasteiger partial charge in [0.1, 0.15) is 11.8 Å². The van der Waals surface area contributed by atoms with E-state index in [2.05, 4.69) is 10.3 Å². The van der Waals surface area contributed by atoms with E-state index in [-0.39, 0.29) is 24.5 Å². The third-order valence-electron chi connectivity index (χ3n) is 2.57. The fourth-order valence-corrected chi connectivity index (χ4v) is 1.18. The minimum absolute atomic E-state index is 0.00155. The summed E-state index contributed by atoms with van der Waals surface area (Å²) in [6.07, 6.45) is 1.49. The summed E-state index contributed by atoms with van der Waals surface area (Å²) in [7, 11) is 0. The number of hydrogen-bond donors (Lipinski definition) is 3. The molecule has 0 saturated carbocycles. The number of aliphatic hydroxyl groups is 1. The molecule has 86 valence electrons. The van der Waals surface area contributed by atoms with Gasteiger partial charge in [0, 0.05) is 18.8 Å². The Kier molecular flexibility index (Phi) is 4.09. The third kappa shape index (κ3) is 2.84. The van der Waals surface area contributed by atoms with Crippen LogP contribution in [0.1, 0.15) is 29.9 Å². The zero-order valence-corrected chi connectivity index (χ0v) is 9.32. The molecule has 0 aromatic carbocycles. The van der Waals surface area contributed by atoms with Crippen molar-refractivity contribution in [1.29, 1.82) is 5.26 Å². The molecule has 0 saturated heterocycles. The van der Waals surface area contributed by atoms with E-state index in [1.807, 2.05) is 19.9 Å². The Morgan fingerprint density at radius 1 is 1.69 bits per heavy atom. The third-order valence-corrected chi connectivity index (χ3v) is 2.57. The van der Waals surface area contributed by atoms with Crippen molar-refractivity contribution in [3.8, 4) is 6.07 Å². The lowest BCUT2D eigenvalue weighted by Gasteiger charge is -2.18. The van der Waals surface area contributed by atoms with E-state index < -0.39 is 0 Å². The molecule has 5 nitrogen and oxygen atoms in total. The van der Waals surface area contributed by atoms with Gasteiger partial charge in [0.15, 0.2) is 0 Å². The summed E-state index contributed by atoms with van der Waals surface area (Å²) in [5.41, 5.74) is 0.779. The molecule has 0 aliphatic carbocycles. The number of nitrogens with zero attached hydrogens (tertiary/aromatic N) is 1. The molecule has 2 unspecified atom stereocenters. The van der Waals surface area contributed by atoms with Crippen LogP contribution in [0.4, 0.5) is 0 Å². The molecular formula is C11H15N3O2. The van der Waals surface area contributed by atoms with Crippen LogP contribution in [0, 0.1) is 17.2 Å². The Morgan fingerprint density at radius 3 is 2.88 bits per heavy atom. The van der Waals surface area contributed by atoms with Gasteiger partial charge in [-0.15, -0.1) is 0 Å². The molecule has 5 heteroatoms. The highest BCUT2D eigenvalue weighted by molar-refractivity contribution is 5.94. The monoisotopic (exact) mass is 221 g/mol. The molecule has 0 bridgehead atoms. The summed E-state index contributed by atoms with van der Waals surface area (Å²) in [6.45, 7) is 3.71. The smallest absolute Gasteiger partial charge is 0.253 e. The highest BCUT2D eigenvalue weighted by atomic mass is 16.3. The largest absolute Gasteiger partial charge is 0.396 e. The summed E-state index contributed by atoms with van der Waals surface area (Å²) >= 11 is 0. The highest BCUT2D eigenvalue weighted by Crippen LogP contribution is 2.05. The maximum absolute atomic E-state index is 11.7. The summed E-state index contributed by atoms with van der Waals surface area (Å²) in [5, 5.41) is 20.3. The van der Waals surface area contributed by atoms with Crippen molar-refractivity contribution < 1.29 is 9.90 Å². The molecule has 0 aliphatic heterocycles. The predicted molar refractivity (Wildman–Crippen MR) is 58.7 cm³/mol. The minimum Gasteiger partial charge on any atom is -0.396 e. The van der Waals surface area contributed by atoms with Crippen LogP contribution in [0.15, 0.2) is 12.3 Å². The van der Waals surface area contributed by atoms with Gasteiger partial charge in [-0.3, -0.25) is 4.79 Å². The Balaban J connectivity index is 2.62. The van der Waals surface area contributed by atoms with Gasteiger partial charge >= 0.3 is 0 Å². The number of aromatic nitrogens is 1. The fraction of sp³-hybridized carbons (Fsp3) is 0.455. The maximum Gasteiger partial charge on any atom is 0.253 e. The van der Waals surface area contributed by atoms with Gasteiger partial charge in [-0.1, -0.05) is 6.92 Å². The first-order valence-corrected chi connectivity index (χ1v) is 5.08. The summed E-state index contributed by atoms with van der Waals surface area (Å²) in [5.74, 6) is -0.246. The van der Waals surface area contributed by atoms with Gasteiger partial charge in [-0.2, -0.15) is 5.26 Å². The number of amides is 1. The highest BCUT2D eigenvalue weighted by Gasteiger charge is 2.15. The van der Waals surface area contributed by atoms with Crippen molar-refractivity contribution in [3.05, 3.63) is 23.5 Å². The van der Waals surface area contributed by atoms with Crippen LogP contribution in [-0.4, -0.2) is 28.6 Å². The molecular weight excluding hydrogens is 206 g/mol. The minimum atomic E-state index is -0.245. The lowest BCUT2D eigenvalue weighted by molar-refractivity contribution is 0.0916. The van der Waals surface area contributed by atoms with Crippen molar-refractivity contribution in [2.24, 2.45) is 5.92 Å². The Morgan fingerprint density at radius 2 is 2.38 bits per heavy atom. The van der Waals surface area contributed by atoms with Gasteiger partial charge in [-0.05, 0) is 18.9 Å². The second kappa shape index (κ2) is 5.33. The first-order chi connectivity index (χ1) is 7.58. The van der Waals surface area contributed by atoms with E-state index in [4.69, 9.17) is 10.4 Å². The zero-order chi connectivity index (χ0) is 12.1. The molecule has 1 amide bonds. The van der Waals surface area contributed by atoms with Crippen molar-refractivity contribution in [1.82, 2.24) is 10.3 Å². The lowest BCUT2D eigenvalue weighted by atomic mass is 10.0. The Bertz CT molecular complexity index is 406. The van der Waals surface area contributed by atoms with Crippen LogP contribution in [0.3, 0.4) is 0 Å². The second-order valence-corrected chi connectivity index (χ2v) is 3.84. The fourth-order valence-electron chi connectivity index (χ4n) is 1.18. The Hall–Kier alpha value is -1.80. The molecule has 3 N–H and O–H groups in total. The molecule has 0 aliphatic rings. The quantitative estimate of drug-likeness (QED) is 0.696. The molecule has 1 rings (SSSR count). The Labute approximate surface area is 94.1 Å². The zero-order valence-electron chi connectivity index (χ0n) is 9.32. The van der Waals surface area contributed by atoms with Crippen LogP contribution >= 0.6 is 0 Å². The maximum atomic E-state index is 11.7. The molecule has 0 radical (unpaired) electrons. The number of hydrogen-bond acceptors (Lipinski definition) is 3. The first kappa shape index (κ1) is 12.3. The number of nitrogens with one attached hydrogen (secondary N) is 2. The average Bonchev–Trinajstić information content (AvgIpc) is 2.76. The summed E-state index contributed by atoms with van der Waals surface area (Å²) < 4.78 is 0. The molecule has 1 heterocycles.